The van der Waals surface area contributed by atoms with E-state index in [9.17, 15) is 0 Å². The predicted molar refractivity (Wildman–Crippen MR) is 102 cm³/mol. The maximum atomic E-state index is 5.97. The Morgan fingerprint density at radius 1 is 0.708 bits per heavy atom. The van der Waals surface area contributed by atoms with Crippen LogP contribution >= 0.6 is 11.3 Å². The molecule has 0 unspecified atom stereocenters. The maximum Gasteiger partial charge on any atom is 0.221 e. The molecule has 5 aromatic rings. The van der Waals surface area contributed by atoms with Crippen molar-refractivity contribution in [3.05, 3.63) is 66.7 Å². The number of aromatic nitrogens is 2. The minimum absolute atomic E-state index is 0.306. The Balaban J connectivity index is 1.97. The highest BCUT2D eigenvalue weighted by Crippen LogP contribution is 2.40. The van der Waals surface area contributed by atoms with E-state index in [-0.39, 0.29) is 0 Å². The van der Waals surface area contributed by atoms with Gasteiger partial charge in [0.25, 0.3) is 0 Å². The summed E-state index contributed by atoms with van der Waals surface area (Å²) in [5.74, 6) is 0.306. The van der Waals surface area contributed by atoms with Crippen molar-refractivity contribution in [1.29, 1.82) is 0 Å². The second kappa shape index (κ2) is 5.01. The van der Waals surface area contributed by atoms with Crippen molar-refractivity contribution in [2.75, 3.05) is 5.73 Å². The molecule has 3 nitrogen and oxygen atoms in total. The molecule has 2 heterocycles. The first-order valence-corrected chi connectivity index (χ1v) is 8.56. The van der Waals surface area contributed by atoms with Crippen molar-refractivity contribution in [3.63, 3.8) is 0 Å². The number of benzene rings is 3. The van der Waals surface area contributed by atoms with Crippen LogP contribution in [0.15, 0.2) is 66.7 Å². The quantitative estimate of drug-likeness (QED) is 0.457. The van der Waals surface area contributed by atoms with E-state index in [1.807, 2.05) is 18.2 Å². The molecule has 0 saturated carbocycles. The van der Waals surface area contributed by atoms with E-state index in [2.05, 4.69) is 58.5 Å². The van der Waals surface area contributed by atoms with Gasteiger partial charge >= 0.3 is 0 Å². The third-order valence-corrected chi connectivity index (χ3v) is 5.41. The summed E-state index contributed by atoms with van der Waals surface area (Å²) in [5, 5.41) is 3.52. The second-order valence-corrected chi connectivity index (χ2v) is 6.81. The molecular formula is C20H13N3S. The molecule has 5 rings (SSSR count). The molecule has 0 spiro atoms. The highest BCUT2D eigenvalue weighted by atomic mass is 32.1. The Kier molecular flexibility index (Phi) is 2.81. The molecule has 0 aliphatic heterocycles. The molecule has 114 valence electrons. The van der Waals surface area contributed by atoms with Gasteiger partial charge in [-0.25, -0.2) is 9.97 Å². The molecule has 2 N–H and O–H groups in total. The van der Waals surface area contributed by atoms with Crippen molar-refractivity contribution in [1.82, 2.24) is 9.97 Å². The third kappa shape index (κ3) is 1.90. The van der Waals surface area contributed by atoms with Crippen LogP contribution in [0.25, 0.3) is 42.3 Å². The van der Waals surface area contributed by atoms with Crippen LogP contribution in [0.1, 0.15) is 0 Å². The lowest BCUT2D eigenvalue weighted by molar-refractivity contribution is 1.24. The molecule has 4 heteroatoms. The van der Waals surface area contributed by atoms with E-state index < -0.39 is 0 Å². The summed E-state index contributed by atoms with van der Waals surface area (Å²) >= 11 is 1.81. The van der Waals surface area contributed by atoms with Crippen LogP contribution in [-0.2, 0) is 0 Å². The molecular weight excluding hydrogens is 314 g/mol. The van der Waals surface area contributed by atoms with Crippen LogP contribution in [0, 0.1) is 0 Å². The summed E-state index contributed by atoms with van der Waals surface area (Å²) in [7, 11) is 0. The Labute approximate surface area is 142 Å². The first kappa shape index (κ1) is 13.5. The first-order chi connectivity index (χ1) is 11.8. The Morgan fingerprint density at radius 2 is 1.46 bits per heavy atom. The third-order valence-electron chi connectivity index (χ3n) is 4.28. The number of nitrogens with two attached hydrogens (primary N) is 1. The number of para-hydroxylation sites is 1. The smallest absolute Gasteiger partial charge is 0.221 e. The minimum atomic E-state index is 0.306. The van der Waals surface area contributed by atoms with Crippen molar-refractivity contribution < 1.29 is 0 Å². The van der Waals surface area contributed by atoms with Gasteiger partial charge in [0.15, 0.2) is 0 Å². The predicted octanol–water partition coefficient (Wildman–Crippen LogP) is 5.25. The fraction of sp³-hybridized carbons (Fsp3) is 0. The number of rotatable bonds is 1. The molecule has 0 atom stereocenters. The zero-order valence-corrected chi connectivity index (χ0v) is 13.5. The van der Waals surface area contributed by atoms with Gasteiger partial charge in [-0.05, 0) is 18.2 Å². The van der Waals surface area contributed by atoms with Crippen LogP contribution in [-0.4, -0.2) is 9.97 Å². The van der Waals surface area contributed by atoms with Crippen molar-refractivity contribution in [2.45, 2.75) is 0 Å². The molecule has 24 heavy (non-hydrogen) atoms. The van der Waals surface area contributed by atoms with Gasteiger partial charge in [0, 0.05) is 31.1 Å². The fourth-order valence-electron chi connectivity index (χ4n) is 3.27. The summed E-state index contributed by atoms with van der Waals surface area (Å²) in [4.78, 5) is 8.94. The topological polar surface area (TPSA) is 51.8 Å². The van der Waals surface area contributed by atoms with Crippen LogP contribution in [0.2, 0.25) is 0 Å². The average Bonchev–Trinajstić information content (AvgIpc) is 2.99. The van der Waals surface area contributed by atoms with Gasteiger partial charge in [-0.3, -0.25) is 0 Å². The summed E-state index contributed by atoms with van der Waals surface area (Å²) in [6.45, 7) is 0. The highest BCUT2D eigenvalue weighted by molar-refractivity contribution is 7.25. The van der Waals surface area contributed by atoms with Gasteiger partial charge < -0.3 is 5.73 Å². The molecule has 0 fully saturated rings. The van der Waals surface area contributed by atoms with Crippen molar-refractivity contribution >= 4 is 48.4 Å². The van der Waals surface area contributed by atoms with Crippen molar-refractivity contribution in [3.8, 4) is 11.3 Å². The van der Waals surface area contributed by atoms with Crippen LogP contribution in [0.5, 0.6) is 0 Å². The SMILES string of the molecule is Nc1nc(-c2cccc3sc4ccccc4c23)c2ccccc2n1. The zero-order valence-electron chi connectivity index (χ0n) is 12.7. The van der Waals surface area contributed by atoms with Gasteiger partial charge in [0.1, 0.15) is 0 Å². The van der Waals surface area contributed by atoms with E-state index in [0.29, 0.717) is 5.95 Å². The number of anilines is 1. The average molecular weight is 327 g/mol. The number of fused-ring (bicyclic) bond motifs is 4. The molecule has 3 aromatic carbocycles. The van der Waals surface area contributed by atoms with Gasteiger partial charge in [-0.1, -0.05) is 48.5 Å². The molecule has 0 bridgehead atoms. The van der Waals surface area contributed by atoms with Gasteiger partial charge in [0.05, 0.1) is 11.2 Å². The summed E-state index contributed by atoms with van der Waals surface area (Å²) in [5.41, 5.74) is 8.85. The lowest BCUT2D eigenvalue weighted by atomic mass is 10.0. The zero-order chi connectivity index (χ0) is 16.1. The molecule has 0 amide bonds. The minimum Gasteiger partial charge on any atom is -0.368 e. The molecule has 0 saturated heterocycles. The second-order valence-electron chi connectivity index (χ2n) is 5.72. The monoisotopic (exact) mass is 327 g/mol. The van der Waals surface area contributed by atoms with E-state index in [4.69, 9.17) is 5.73 Å². The summed E-state index contributed by atoms with van der Waals surface area (Å²) in [6.07, 6.45) is 0. The summed E-state index contributed by atoms with van der Waals surface area (Å²) in [6, 6.07) is 22.9. The largest absolute Gasteiger partial charge is 0.368 e. The highest BCUT2D eigenvalue weighted by Gasteiger charge is 2.14. The fourth-order valence-corrected chi connectivity index (χ4v) is 4.40. The molecule has 0 aliphatic rings. The Bertz CT molecular complexity index is 1220. The van der Waals surface area contributed by atoms with E-state index in [0.717, 1.165) is 22.2 Å². The lowest BCUT2D eigenvalue weighted by Gasteiger charge is -2.08. The van der Waals surface area contributed by atoms with E-state index in [1.54, 1.807) is 11.3 Å². The van der Waals surface area contributed by atoms with Gasteiger partial charge in [-0.15, -0.1) is 11.3 Å². The van der Waals surface area contributed by atoms with E-state index >= 15 is 0 Å². The summed E-state index contributed by atoms with van der Waals surface area (Å²) < 4.78 is 2.54. The van der Waals surface area contributed by atoms with Crippen molar-refractivity contribution in [2.24, 2.45) is 0 Å². The number of nitrogen functional groups attached to an aromatic ring is 1. The number of thiophene rings is 1. The number of hydrogen-bond donors (Lipinski definition) is 1. The van der Waals surface area contributed by atoms with E-state index in [1.165, 1.54) is 20.2 Å². The standard InChI is InChI=1S/C20H13N3S/c21-20-22-15-9-3-1-6-12(15)19(23-20)14-8-5-11-17-18(14)13-7-2-4-10-16(13)24-17/h1-11H,(H2,21,22,23). The van der Waals surface area contributed by atoms with Gasteiger partial charge in [-0.2, -0.15) is 0 Å². The lowest BCUT2D eigenvalue weighted by Crippen LogP contribution is -1.98. The molecule has 0 radical (unpaired) electrons. The normalized spacial score (nSPS) is 11.5. The first-order valence-electron chi connectivity index (χ1n) is 7.74. The molecule has 0 aliphatic carbocycles. The molecule has 2 aromatic heterocycles. The maximum absolute atomic E-state index is 5.97. The number of hydrogen-bond acceptors (Lipinski definition) is 4. The Morgan fingerprint density at radius 3 is 2.38 bits per heavy atom. The Hall–Kier alpha value is -2.98. The van der Waals surface area contributed by atoms with Crippen LogP contribution < -0.4 is 5.73 Å². The van der Waals surface area contributed by atoms with Gasteiger partial charge in [0.2, 0.25) is 5.95 Å². The number of nitrogens with zero attached hydrogens (tertiary/aromatic N) is 2. The van der Waals surface area contributed by atoms with Crippen LogP contribution in [0.4, 0.5) is 5.95 Å². The van der Waals surface area contributed by atoms with Crippen LogP contribution in [0.3, 0.4) is 0 Å².